The van der Waals surface area contributed by atoms with E-state index in [4.69, 9.17) is 23.2 Å². The van der Waals surface area contributed by atoms with Gasteiger partial charge >= 0.3 is 0 Å². The van der Waals surface area contributed by atoms with Crippen molar-refractivity contribution in [2.24, 2.45) is 10.8 Å². The number of halogens is 6. The summed E-state index contributed by atoms with van der Waals surface area (Å²) >= 11 is 12.1. The molecule has 0 radical (unpaired) electrons. The molecule has 282 valence electrons. The maximum atomic E-state index is 15.7. The van der Waals surface area contributed by atoms with Crippen LogP contribution in [0.1, 0.15) is 75.3 Å². The van der Waals surface area contributed by atoms with E-state index in [9.17, 15) is 36.1 Å². The summed E-state index contributed by atoms with van der Waals surface area (Å²) in [7, 11) is -8.91. The molecule has 0 atom stereocenters. The summed E-state index contributed by atoms with van der Waals surface area (Å²) in [4.78, 5) is -0.330. The number of sulfone groups is 2. The second-order valence-corrected chi connectivity index (χ2v) is 19.8. The number of benzene rings is 4. The van der Waals surface area contributed by atoms with Gasteiger partial charge in [0.05, 0.1) is 21.9 Å². The van der Waals surface area contributed by atoms with Gasteiger partial charge in [-0.05, 0) is 147 Å². The molecule has 4 aromatic carbocycles. The van der Waals surface area contributed by atoms with Gasteiger partial charge in [0.2, 0.25) is 0 Å². The second-order valence-electron chi connectivity index (χ2n) is 14.4. The summed E-state index contributed by atoms with van der Waals surface area (Å²) in [5.74, 6) is -3.55. The lowest BCUT2D eigenvalue weighted by Gasteiger charge is -2.58. The molecule has 0 bridgehead atoms. The maximum Gasteiger partial charge on any atom is 0.188 e. The Morgan fingerprint density at radius 2 is 0.833 bits per heavy atom. The van der Waals surface area contributed by atoms with Gasteiger partial charge in [-0.3, -0.25) is 0 Å². The zero-order valence-corrected chi connectivity index (χ0v) is 31.9. The van der Waals surface area contributed by atoms with Crippen molar-refractivity contribution in [2.45, 2.75) is 83.5 Å². The topological polar surface area (TPSA) is 116 Å². The Kier molecular flexibility index (Phi) is 10.8. The lowest BCUT2D eigenvalue weighted by molar-refractivity contribution is -0.0433. The molecule has 2 aliphatic carbocycles. The first-order valence-electron chi connectivity index (χ1n) is 17.2. The van der Waals surface area contributed by atoms with Crippen molar-refractivity contribution < 1.29 is 34.4 Å². The fraction of sp³-hybridized carbons (Fsp3) is 0.350. The van der Waals surface area contributed by atoms with Gasteiger partial charge in [0.1, 0.15) is 32.8 Å². The molecule has 0 N–H and O–H groups in total. The molecule has 2 fully saturated rings. The van der Waals surface area contributed by atoms with Crippen LogP contribution in [0.5, 0.6) is 0 Å². The minimum absolute atomic E-state index is 0.0315. The molecule has 6 rings (SSSR count). The third-order valence-corrected chi connectivity index (χ3v) is 17.7. The number of hydrogen-bond acceptors (Lipinski definition) is 6. The first-order chi connectivity index (χ1) is 25.5. The van der Waals surface area contributed by atoms with Crippen LogP contribution in [0, 0.1) is 56.8 Å². The van der Waals surface area contributed by atoms with Crippen LogP contribution >= 0.6 is 23.2 Å². The number of rotatable bonds is 9. The second kappa shape index (κ2) is 14.6. The maximum absolute atomic E-state index is 15.7. The summed E-state index contributed by atoms with van der Waals surface area (Å²) in [6.45, 7) is 0. The van der Waals surface area contributed by atoms with Gasteiger partial charge in [0.15, 0.2) is 19.7 Å². The summed E-state index contributed by atoms with van der Waals surface area (Å²) in [5, 5.41) is 21.1. The van der Waals surface area contributed by atoms with Gasteiger partial charge in [0.25, 0.3) is 0 Å². The normalized spacial score (nSPS) is 26.1. The highest BCUT2D eigenvalue weighted by Crippen LogP contribution is 2.67. The van der Waals surface area contributed by atoms with Crippen molar-refractivity contribution in [3.63, 3.8) is 0 Å². The highest BCUT2D eigenvalue weighted by molar-refractivity contribution is 7.92. The largest absolute Gasteiger partial charge is 0.223 e. The Hall–Kier alpha value is -3.94. The van der Waals surface area contributed by atoms with Crippen LogP contribution in [0.15, 0.2) is 94.7 Å². The minimum atomic E-state index is -4.46. The molecular formula is C40H34Cl2F4N2O4S2. The van der Waals surface area contributed by atoms with Crippen molar-refractivity contribution in [1.82, 2.24) is 0 Å². The average molecular weight is 818 g/mol. The monoisotopic (exact) mass is 816 g/mol. The van der Waals surface area contributed by atoms with Crippen LogP contribution in [0.25, 0.3) is 0 Å². The number of nitriles is 2. The molecular weight excluding hydrogens is 783 g/mol. The van der Waals surface area contributed by atoms with Crippen molar-refractivity contribution in [1.29, 1.82) is 10.5 Å². The predicted molar refractivity (Wildman–Crippen MR) is 196 cm³/mol. The Labute approximate surface area is 322 Å². The van der Waals surface area contributed by atoms with Crippen molar-refractivity contribution in [2.75, 3.05) is 0 Å². The fourth-order valence-corrected chi connectivity index (χ4v) is 13.6. The summed E-state index contributed by atoms with van der Waals surface area (Å²) in [5.41, 5.74) is -2.93. The third-order valence-electron chi connectivity index (χ3n) is 12.1. The summed E-state index contributed by atoms with van der Waals surface area (Å²) in [6.07, 6.45) is -1.51. The third kappa shape index (κ3) is 6.39. The number of hydrogen-bond donors (Lipinski definition) is 0. The highest BCUT2D eigenvalue weighted by Gasteiger charge is 2.62. The van der Waals surface area contributed by atoms with Gasteiger partial charge in [-0.25, -0.2) is 34.4 Å². The van der Waals surface area contributed by atoms with Crippen molar-refractivity contribution in [3.8, 4) is 12.1 Å². The fourth-order valence-electron chi connectivity index (χ4n) is 9.09. The van der Waals surface area contributed by atoms with E-state index >= 15 is 8.78 Å². The van der Waals surface area contributed by atoms with Crippen molar-refractivity contribution in [3.05, 3.63) is 129 Å². The molecule has 54 heavy (non-hydrogen) atoms. The highest BCUT2D eigenvalue weighted by atomic mass is 35.5. The molecule has 14 heteroatoms. The zero-order valence-electron chi connectivity index (χ0n) is 28.8. The van der Waals surface area contributed by atoms with Gasteiger partial charge in [-0.2, -0.15) is 10.5 Å². The van der Waals surface area contributed by atoms with E-state index in [2.05, 4.69) is 12.1 Å². The Bertz CT molecular complexity index is 2210. The molecule has 6 nitrogen and oxygen atoms in total. The Morgan fingerprint density at radius 3 is 1.13 bits per heavy atom. The van der Waals surface area contributed by atoms with Crippen LogP contribution in [0.2, 0.25) is 10.0 Å². The molecule has 0 saturated heterocycles. The average Bonchev–Trinajstić information content (AvgIpc) is 3.15. The SMILES string of the molecule is N#CCC1(C2(CC#N)CCC(c3cc(F)ccc3F)(S(=O)(=O)c3ccc(Cl)cc3)CC2)CCC(c2cc(F)ccc2F)(S(=O)(=O)c2ccc(Cl)cc2)CC1. The molecule has 2 aliphatic rings. The molecule has 0 unspecified atom stereocenters. The Morgan fingerprint density at radius 1 is 0.519 bits per heavy atom. The lowest BCUT2D eigenvalue weighted by Crippen LogP contribution is -2.53. The van der Waals surface area contributed by atoms with Crippen LogP contribution in [-0.2, 0) is 29.2 Å². The van der Waals surface area contributed by atoms with E-state index in [0.717, 1.165) is 36.4 Å². The zero-order chi connectivity index (χ0) is 39.2. The minimum Gasteiger partial charge on any atom is -0.223 e. The Balaban J connectivity index is 1.46. The summed E-state index contributed by atoms with van der Waals surface area (Å²) in [6, 6.07) is 20.3. The molecule has 0 amide bonds. The van der Waals surface area contributed by atoms with E-state index < -0.39 is 63.3 Å². The van der Waals surface area contributed by atoms with Gasteiger partial charge in [0, 0.05) is 34.0 Å². The van der Waals surface area contributed by atoms with Gasteiger partial charge < -0.3 is 0 Å². The first kappa shape index (κ1) is 39.7. The van der Waals surface area contributed by atoms with E-state index in [1.165, 1.54) is 48.5 Å². The standard InChI is InChI=1S/C40H34Cl2F4N2O4S2/c41-27-1-7-31(8-2-27)53(49,50)39(33-25-29(43)5-11-35(33)45)17-13-37(14-18-39,21-23-47)38(22-24-48)15-19-40(20-16-38,34-26-30(44)6-12-36(34)46)54(51,52)32-9-3-28(42)4-10-32/h1-12,25-26H,13-22H2. The van der Waals surface area contributed by atoms with Crippen molar-refractivity contribution >= 4 is 42.9 Å². The van der Waals surface area contributed by atoms with Gasteiger partial charge in [-0.1, -0.05) is 23.2 Å². The lowest BCUT2D eigenvalue weighted by atomic mass is 9.48. The predicted octanol–water partition coefficient (Wildman–Crippen LogP) is 10.5. The summed E-state index contributed by atoms with van der Waals surface area (Å²) < 4.78 is 115. The van der Waals surface area contributed by atoms with Gasteiger partial charge in [-0.15, -0.1) is 0 Å². The van der Waals surface area contributed by atoms with Crippen LogP contribution in [0.3, 0.4) is 0 Å². The molecule has 0 spiro atoms. The molecule has 0 aliphatic heterocycles. The molecule has 0 aromatic heterocycles. The van der Waals surface area contributed by atoms with Crippen LogP contribution in [0.4, 0.5) is 17.6 Å². The number of nitrogens with zero attached hydrogens (tertiary/aromatic N) is 2. The molecule has 2 saturated carbocycles. The van der Waals surface area contributed by atoms with E-state index in [1.807, 2.05) is 0 Å². The van der Waals surface area contributed by atoms with E-state index in [0.29, 0.717) is 0 Å². The quantitative estimate of drug-likeness (QED) is 0.155. The molecule has 0 heterocycles. The van der Waals surface area contributed by atoms with Crippen LogP contribution < -0.4 is 0 Å². The molecule has 4 aromatic rings. The smallest absolute Gasteiger partial charge is 0.188 e. The first-order valence-corrected chi connectivity index (χ1v) is 20.9. The van der Waals surface area contributed by atoms with E-state index in [1.54, 1.807) is 0 Å². The van der Waals surface area contributed by atoms with Crippen LogP contribution in [-0.4, -0.2) is 16.8 Å². The van der Waals surface area contributed by atoms with E-state index in [-0.39, 0.29) is 95.2 Å².